The van der Waals surface area contributed by atoms with Gasteiger partial charge in [0.15, 0.2) is 0 Å². The number of nitrogens with zero attached hydrogens (tertiary/aromatic N) is 1. The number of benzene rings is 2. The van der Waals surface area contributed by atoms with E-state index in [4.69, 9.17) is 16.0 Å². The van der Waals surface area contributed by atoms with Crippen molar-refractivity contribution >= 4 is 34.7 Å². The van der Waals surface area contributed by atoms with Crippen LogP contribution in [0, 0.1) is 6.92 Å². The van der Waals surface area contributed by atoms with Crippen molar-refractivity contribution in [2.45, 2.75) is 26.3 Å². The average molecular weight is 422 g/mol. The molecule has 1 aromatic heterocycles. The van der Waals surface area contributed by atoms with Crippen molar-refractivity contribution in [3.63, 3.8) is 0 Å². The van der Waals surface area contributed by atoms with E-state index in [1.54, 1.807) is 55.5 Å². The normalized spacial score (nSPS) is 18.2. The van der Waals surface area contributed by atoms with Crippen molar-refractivity contribution < 1.29 is 19.1 Å². The van der Waals surface area contributed by atoms with Gasteiger partial charge in [-0.05, 0) is 67.4 Å². The van der Waals surface area contributed by atoms with Crippen LogP contribution in [0.4, 0.5) is 5.69 Å². The van der Waals surface area contributed by atoms with Gasteiger partial charge in [0.05, 0.1) is 5.57 Å². The summed E-state index contributed by atoms with van der Waals surface area (Å²) in [5.41, 5.74) is 2.05. The van der Waals surface area contributed by atoms with Crippen LogP contribution in [-0.4, -0.2) is 16.8 Å². The molecular formula is C24H20ClNO4. The molecule has 0 saturated carbocycles. The Morgan fingerprint density at radius 1 is 1.03 bits per heavy atom. The maximum absolute atomic E-state index is 13.0. The number of hydrogen-bond donors (Lipinski definition) is 1. The first-order chi connectivity index (χ1) is 14.4. The number of anilines is 1. The molecule has 1 aliphatic rings. The van der Waals surface area contributed by atoms with Gasteiger partial charge in [-0.25, -0.2) is 0 Å². The second kappa shape index (κ2) is 7.84. The van der Waals surface area contributed by atoms with Gasteiger partial charge in [0.1, 0.15) is 23.3 Å². The lowest BCUT2D eigenvalue weighted by Gasteiger charge is -2.23. The Kier molecular flexibility index (Phi) is 5.22. The van der Waals surface area contributed by atoms with Gasteiger partial charge < -0.3 is 9.52 Å². The van der Waals surface area contributed by atoms with Crippen molar-refractivity contribution in [2.24, 2.45) is 0 Å². The zero-order valence-electron chi connectivity index (χ0n) is 16.6. The van der Waals surface area contributed by atoms with Crippen LogP contribution in [0.2, 0.25) is 5.02 Å². The predicted octanol–water partition coefficient (Wildman–Crippen LogP) is 5.43. The van der Waals surface area contributed by atoms with Gasteiger partial charge in [-0.15, -0.1) is 0 Å². The fraction of sp³-hybridized carbons (Fsp3) is 0.167. The van der Waals surface area contributed by atoms with Gasteiger partial charge in [-0.3, -0.25) is 14.5 Å². The lowest BCUT2D eigenvalue weighted by molar-refractivity contribution is -0.132. The highest BCUT2D eigenvalue weighted by molar-refractivity contribution is 6.51. The smallest absolute Gasteiger partial charge is 0.300 e. The van der Waals surface area contributed by atoms with Crippen LogP contribution in [-0.2, 0) is 16.0 Å². The third-order valence-electron chi connectivity index (χ3n) is 5.22. The summed E-state index contributed by atoms with van der Waals surface area (Å²) >= 11 is 5.94. The van der Waals surface area contributed by atoms with Crippen LogP contribution in [0.1, 0.15) is 35.6 Å². The number of amides is 1. The summed E-state index contributed by atoms with van der Waals surface area (Å²) in [6.07, 6.45) is 0.858. The first-order valence-electron chi connectivity index (χ1n) is 9.63. The van der Waals surface area contributed by atoms with E-state index in [-0.39, 0.29) is 11.3 Å². The van der Waals surface area contributed by atoms with Crippen molar-refractivity contribution in [2.75, 3.05) is 4.90 Å². The molecule has 3 aromatic rings. The summed E-state index contributed by atoms with van der Waals surface area (Å²) in [7, 11) is 0. The molecule has 1 amide bonds. The zero-order chi connectivity index (χ0) is 21.4. The number of furan rings is 1. The van der Waals surface area contributed by atoms with Gasteiger partial charge in [-0.1, -0.05) is 30.7 Å². The lowest BCUT2D eigenvalue weighted by Crippen LogP contribution is -2.29. The first kappa shape index (κ1) is 20.0. The molecule has 6 heteroatoms. The SMILES string of the molecule is CCc1ccc(N2C(=O)C(=O)/C(=C(\O)c3ccc(Cl)cc3)C2c2ccc(C)o2)cc1. The minimum absolute atomic E-state index is 0.0174. The Balaban J connectivity index is 1.90. The van der Waals surface area contributed by atoms with E-state index in [0.29, 0.717) is 27.8 Å². The number of halogens is 1. The molecular weight excluding hydrogens is 402 g/mol. The van der Waals surface area contributed by atoms with Gasteiger partial charge >= 0.3 is 0 Å². The summed E-state index contributed by atoms with van der Waals surface area (Å²) in [5, 5.41) is 11.5. The molecule has 0 aliphatic carbocycles. The molecule has 1 fully saturated rings. The van der Waals surface area contributed by atoms with Gasteiger partial charge in [0.2, 0.25) is 0 Å². The maximum atomic E-state index is 13.0. The van der Waals surface area contributed by atoms with Crippen molar-refractivity contribution in [1.29, 1.82) is 0 Å². The Hall–Kier alpha value is -3.31. The van der Waals surface area contributed by atoms with Gasteiger partial charge in [-0.2, -0.15) is 0 Å². The van der Waals surface area contributed by atoms with E-state index in [0.717, 1.165) is 12.0 Å². The molecule has 0 bridgehead atoms. The summed E-state index contributed by atoms with van der Waals surface area (Å²) in [6.45, 7) is 3.82. The van der Waals surface area contributed by atoms with Crippen LogP contribution in [0.25, 0.3) is 5.76 Å². The fourth-order valence-corrected chi connectivity index (χ4v) is 3.75. The van der Waals surface area contributed by atoms with Crippen LogP contribution >= 0.6 is 11.6 Å². The molecule has 2 aromatic carbocycles. The monoisotopic (exact) mass is 421 g/mol. The number of aryl methyl sites for hydroxylation is 2. The first-order valence-corrected chi connectivity index (χ1v) is 10.0. The quantitative estimate of drug-likeness (QED) is 0.346. The lowest BCUT2D eigenvalue weighted by atomic mass is 9.99. The molecule has 152 valence electrons. The molecule has 1 N–H and O–H groups in total. The van der Waals surface area contributed by atoms with Crippen molar-refractivity contribution in [3.05, 3.63) is 93.9 Å². The Labute approximate surface area is 179 Å². The van der Waals surface area contributed by atoms with Gasteiger partial charge in [0, 0.05) is 16.3 Å². The largest absolute Gasteiger partial charge is 0.507 e. The van der Waals surface area contributed by atoms with E-state index >= 15 is 0 Å². The van der Waals surface area contributed by atoms with Crippen LogP contribution in [0.5, 0.6) is 0 Å². The van der Waals surface area contributed by atoms with E-state index < -0.39 is 17.7 Å². The van der Waals surface area contributed by atoms with Crippen molar-refractivity contribution in [3.8, 4) is 0 Å². The summed E-state index contributed by atoms with van der Waals surface area (Å²) in [4.78, 5) is 27.4. The summed E-state index contributed by atoms with van der Waals surface area (Å²) in [5.74, 6) is -0.697. The molecule has 1 saturated heterocycles. The minimum Gasteiger partial charge on any atom is -0.507 e. The molecule has 4 rings (SSSR count). The second-order valence-electron chi connectivity index (χ2n) is 7.14. The summed E-state index contributed by atoms with van der Waals surface area (Å²) < 4.78 is 5.78. The molecule has 0 radical (unpaired) electrons. The number of aliphatic hydroxyl groups excluding tert-OH is 1. The average Bonchev–Trinajstić information content (AvgIpc) is 3.29. The molecule has 30 heavy (non-hydrogen) atoms. The number of carbonyl (C=O) groups is 2. The number of ketones is 1. The highest BCUT2D eigenvalue weighted by Gasteiger charge is 2.48. The maximum Gasteiger partial charge on any atom is 0.300 e. The third-order valence-corrected chi connectivity index (χ3v) is 5.47. The molecule has 1 aliphatic heterocycles. The topological polar surface area (TPSA) is 70.8 Å². The number of hydrogen-bond acceptors (Lipinski definition) is 4. The fourth-order valence-electron chi connectivity index (χ4n) is 3.62. The van der Waals surface area contributed by atoms with E-state index in [1.807, 2.05) is 19.1 Å². The number of Topliss-reactive ketones (excluding diaryl/α,β-unsaturated/α-hetero) is 1. The van der Waals surface area contributed by atoms with Crippen LogP contribution in [0.15, 0.2) is 70.7 Å². The minimum atomic E-state index is -0.873. The molecule has 1 atom stereocenters. The Morgan fingerprint density at radius 2 is 1.70 bits per heavy atom. The third kappa shape index (κ3) is 3.42. The number of rotatable bonds is 4. The molecule has 1 unspecified atom stereocenters. The second-order valence-corrected chi connectivity index (χ2v) is 7.58. The Bertz CT molecular complexity index is 1140. The Morgan fingerprint density at radius 3 is 2.27 bits per heavy atom. The molecule has 0 spiro atoms. The standard InChI is InChI=1S/C24H20ClNO4/c1-3-15-5-11-18(12-6-15)26-21(19-13-4-14(2)30-19)20(23(28)24(26)29)22(27)16-7-9-17(25)10-8-16/h4-13,21,27H,3H2,1-2H3/b22-20-. The van der Waals surface area contributed by atoms with Crippen LogP contribution in [0.3, 0.4) is 0 Å². The molecule has 5 nitrogen and oxygen atoms in total. The molecule has 2 heterocycles. The predicted molar refractivity (Wildman–Crippen MR) is 115 cm³/mol. The highest BCUT2D eigenvalue weighted by atomic mass is 35.5. The summed E-state index contributed by atoms with van der Waals surface area (Å²) in [6, 6.07) is 16.5. The zero-order valence-corrected chi connectivity index (χ0v) is 17.3. The van der Waals surface area contributed by atoms with E-state index in [1.165, 1.54) is 4.90 Å². The van der Waals surface area contributed by atoms with E-state index in [9.17, 15) is 14.7 Å². The number of carbonyl (C=O) groups excluding carboxylic acids is 2. The van der Waals surface area contributed by atoms with Gasteiger partial charge in [0.25, 0.3) is 11.7 Å². The number of aliphatic hydroxyl groups is 1. The van der Waals surface area contributed by atoms with Crippen molar-refractivity contribution in [1.82, 2.24) is 0 Å². The highest BCUT2D eigenvalue weighted by Crippen LogP contribution is 2.42. The van der Waals surface area contributed by atoms with E-state index in [2.05, 4.69) is 0 Å². The van der Waals surface area contributed by atoms with Crippen LogP contribution < -0.4 is 4.90 Å².